The lowest BCUT2D eigenvalue weighted by Crippen LogP contribution is -2.45. The van der Waals surface area contributed by atoms with Gasteiger partial charge in [0.15, 0.2) is 0 Å². The summed E-state index contributed by atoms with van der Waals surface area (Å²) in [5.41, 5.74) is 2.36. The minimum Gasteiger partial charge on any atom is -0.508 e. The van der Waals surface area contributed by atoms with Gasteiger partial charge in [-0.05, 0) is 31.2 Å². The fraction of sp³-hybridized carbons (Fsp3) is 0.467. The number of nitrogens with one attached hydrogen (secondary N) is 1. The van der Waals surface area contributed by atoms with Crippen LogP contribution in [0.25, 0.3) is 10.9 Å². The fourth-order valence-electron chi connectivity index (χ4n) is 2.73. The third-order valence-electron chi connectivity index (χ3n) is 4.04. The van der Waals surface area contributed by atoms with Crippen LogP contribution in [-0.2, 0) is 6.42 Å². The normalized spacial score (nSPS) is 18.2. The van der Waals surface area contributed by atoms with Crippen LogP contribution in [0.3, 0.4) is 0 Å². The van der Waals surface area contributed by atoms with E-state index in [9.17, 15) is 5.11 Å². The first-order valence-corrected chi connectivity index (χ1v) is 6.92. The summed E-state index contributed by atoms with van der Waals surface area (Å²) in [6.45, 7) is 5.78. The van der Waals surface area contributed by atoms with E-state index in [1.807, 2.05) is 6.07 Å². The lowest BCUT2D eigenvalue weighted by Gasteiger charge is -2.32. The van der Waals surface area contributed by atoms with Crippen molar-refractivity contribution in [2.45, 2.75) is 6.42 Å². The van der Waals surface area contributed by atoms with Gasteiger partial charge in [0.05, 0.1) is 0 Å². The van der Waals surface area contributed by atoms with E-state index in [0.29, 0.717) is 5.75 Å². The molecule has 0 atom stereocenters. The van der Waals surface area contributed by atoms with Gasteiger partial charge in [-0.25, -0.2) is 0 Å². The Bertz CT molecular complexity index is 556. The van der Waals surface area contributed by atoms with Crippen molar-refractivity contribution in [3.05, 3.63) is 30.0 Å². The van der Waals surface area contributed by atoms with Crippen molar-refractivity contribution in [3.8, 4) is 5.75 Å². The second-order valence-electron chi connectivity index (χ2n) is 5.44. The fourth-order valence-corrected chi connectivity index (χ4v) is 2.73. The number of phenolic OH excluding ortho intramolecular Hbond substituents is 1. The summed E-state index contributed by atoms with van der Waals surface area (Å²) < 4.78 is 0. The van der Waals surface area contributed by atoms with Crippen LogP contribution in [0, 0.1) is 0 Å². The van der Waals surface area contributed by atoms with Gasteiger partial charge in [0.2, 0.25) is 0 Å². The second kappa shape index (κ2) is 5.23. The van der Waals surface area contributed by atoms with E-state index in [-0.39, 0.29) is 0 Å². The molecule has 1 aliphatic rings. The topological polar surface area (TPSA) is 42.5 Å². The average molecular weight is 259 g/mol. The molecule has 2 aromatic rings. The summed E-state index contributed by atoms with van der Waals surface area (Å²) in [6.07, 6.45) is 3.13. The maximum absolute atomic E-state index is 9.47. The maximum atomic E-state index is 9.47. The molecule has 4 nitrogen and oxygen atoms in total. The number of aromatic amines is 1. The van der Waals surface area contributed by atoms with Gasteiger partial charge in [0.25, 0.3) is 0 Å². The molecule has 0 aliphatic carbocycles. The quantitative estimate of drug-likeness (QED) is 0.881. The summed E-state index contributed by atoms with van der Waals surface area (Å²) in [7, 11) is 2.18. The lowest BCUT2D eigenvalue weighted by molar-refractivity contribution is 0.155. The van der Waals surface area contributed by atoms with Crippen molar-refractivity contribution >= 4 is 10.9 Å². The number of hydrogen-bond donors (Lipinski definition) is 2. The molecule has 2 heterocycles. The molecule has 1 fully saturated rings. The van der Waals surface area contributed by atoms with Crippen LogP contribution >= 0.6 is 0 Å². The van der Waals surface area contributed by atoms with Crippen LogP contribution in [0.1, 0.15) is 5.56 Å². The van der Waals surface area contributed by atoms with Gasteiger partial charge < -0.3 is 19.9 Å². The van der Waals surface area contributed by atoms with Crippen molar-refractivity contribution in [3.63, 3.8) is 0 Å². The first-order valence-electron chi connectivity index (χ1n) is 6.92. The first kappa shape index (κ1) is 12.5. The zero-order chi connectivity index (χ0) is 13.2. The van der Waals surface area contributed by atoms with Gasteiger partial charge in [-0.2, -0.15) is 0 Å². The standard InChI is InChI=1S/C15H21N3O/c1-17-6-8-18(9-7-17)5-4-12-11-16-15-10-13(19)2-3-14(12)15/h2-3,10-11,16,19H,4-9H2,1H3. The van der Waals surface area contributed by atoms with E-state index in [4.69, 9.17) is 0 Å². The number of benzene rings is 1. The molecule has 2 N–H and O–H groups in total. The van der Waals surface area contributed by atoms with Gasteiger partial charge in [-0.3, -0.25) is 0 Å². The van der Waals surface area contributed by atoms with Crippen LogP contribution in [-0.4, -0.2) is 59.7 Å². The van der Waals surface area contributed by atoms with Crippen molar-refractivity contribution in [1.82, 2.24) is 14.8 Å². The Kier molecular flexibility index (Phi) is 3.44. The summed E-state index contributed by atoms with van der Waals surface area (Å²) in [6, 6.07) is 5.55. The molecule has 1 aliphatic heterocycles. The number of likely N-dealkylation sites (N-methyl/N-ethyl adjacent to an activating group) is 1. The van der Waals surface area contributed by atoms with Gasteiger partial charge in [-0.1, -0.05) is 0 Å². The van der Waals surface area contributed by atoms with E-state index >= 15 is 0 Å². The van der Waals surface area contributed by atoms with Crippen LogP contribution < -0.4 is 0 Å². The van der Waals surface area contributed by atoms with E-state index < -0.39 is 0 Å². The summed E-state index contributed by atoms with van der Waals surface area (Å²) in [5.74, 6) is 0.319. The highest BCUT2D eigenvalue weighted by atomic mass is 16.3. The Balaban J connectivity index is 1.65. The van der Waals surface area contributed by atoms with E-state index in [2.05, 4.69) is 28.0 Å². The van der Waals surface area contributed by atoms with Crippen molar-refractivity contribution in [1.29, 1.82) is 0 Å². The molecule has 1 saturated heterocycles. The van der Waals surface area contributed by atoms with E-state index in [1.54, 1.807) is 12.1 Å². The minimum absolute atomic E-state index is 0.319. The third kappa shape index (κ3) is 2.74. The number of piperazine rings is 1. The Labute approximate surface area is 113 Å². The number of hydrogen-bond acceptors (Lipinski definition) is 3. The van der Waals surface area contributed by atoms with Crippen molar-refractivity contribution in [2.24, 2.45) is 0 Å². The van der Waals surface area contributed by atoms with Gasteiger partial charge in [0, 0.05) is 55.9 Å². The van der Waals surface area contributed by atoms with Crippen LogP contribution in [0.2, 0.25) is 0 Å². The maximum Gasteiger partial charge on any atom is 0.117 e. The SMILES string of the molecule is CN1CCN(CCc2c[nH]c3cc(O)ccc23)CC1. The van der Waals surface area contributed by atoms with Gasteiger partial charge >= 0.3 is 0 Å². The Morgan fingerprint density at radius 1 is 1.21 bits per heavy atom. The molecule has 3 rings (SSSR count). The highest BCUT2D eigenvalue weighted by molar-refractivity contribution is 5.84. The number of H-pyrrole nitrogens is 1. The second-order valence-corrected chi connectivity index (χ2v) is 5.44. The largest absolute Gasteiger partial charge is 0.508 e. The van der Waals surface area contributed by atoms with Crippen LogP contribution in [0.15, 0.2) is 24.4 Å². The third-order valence-corrected chi connectivity index (χ3v) is 4.04. The van der Waals surface area contributed by atoms with Crippen LogP contribution in [0.5, 0.6) is 5.75 Å². The molecule has 0 radical (unpaired) electrons. The Morgan fingerprint density at radius 3 is 2.79 bits per heavy atom. The molecule has 1 aromatic heterocycles. The first-order chi connectivity index (χ1) is 9.22. The van der Waals surface area contributed by atoms with Crippen molar-refractivity contribution in [2.75, 3.05) is 39.8 Å². The molecule has 0 unspecified atom stereocenters. The minimum atomic E-state index is 0.319. The number of fused-ring (bicyclic) bond motifs is 1. The molecule has 0 saturated carbocycles. The number of aromatic nitrogens is 1. The Hall–Kier alpha value is -1.52. The molecule has 0 bridgehead atoms. The van der Waals surface area contributed by atoms with E-state index in [1.165, 1.54) is 37.1 Å². The molecule has 1 aromatic carbocycles. The lowest BCUT2D eigenvalue weighted by atomic mass is 10.1. The summed E-state index contributed by atoms with van der Waals surface area (Å²) >= 11 is 0. The van der Waals surface area contributed by atoms with Crippen molar-refractivity contribution < 1.29 is 5.11 Å². The zero-order valence-electron chi connectivity index (χ0n) is 11.4. The summed E-state index contributed by atoms with van der Waals surface area (Å²) in [4.78, 5) is 8.14. The number of rotatable bonds is 3. The molecular formula is C15H21N3O. The molecule has 0 amide bonds. The molecular weight excluding hydrogens is 238 g/mol. The monoisotopic (exact) mass is 259 g/mol. The molecule has 102 valence electrons. The number of phenols is 1. The number of nitrogens with zero attached hydrogens (tertiary/aromatic N) is 2. The highest BCUT2D eigenvalue weighted by Crippen LogP contribution is 2.23. The highest BCUT2D eigenvalue weighted by Gasteiger charge is 2.14. The molecule has 4 heteroatoms. The van der Waals surface area contributed by atoms with E-state index in [0.717, 1.165) is 18.5 Å². The van der Waals surface area contributed by atoms with Crippen LogP contribution in [0.4, 0.5) is 0 Å². The Morgan fingerprint density at radius 2 is 2.00 bits per heavy atom. The summed E-state index contributed by atoms with van der Waals surface area (Å²) in [5, 5.41) is 10.7. The predicted octanol–water partition coefficient (Wildman–Crippen LogP) is 1.66. The number of aromatic hydroxyl groups is 1. The average Bonchev–Trinajstić information content (AvgIpc) is 2.80. The predicted molar refractivity (Wildman–Crippen MR) is 77.6 cm³/mol. The smallest absolute Gasteiger partial charge is 0.117 e. The molecule has 0 spiro atoms. The van der Waals surface area contributed by atoms with Gasteiger partial charge in [0.1, 0.15) is 5.75 Å². The molecule has 19 heavy (non-hydrogen) atoms. The van der Waals surface area contributed by atoms with Gasteiger partial charge in [-0.15, -0.1) is 0 Å². The zero-order valence-corrected chi connectivity index (χ0v) is 11.4.